The highest BCUT2D eigenvalue weighted by Gasteiger charge is 2.02. The van der Waals surface area contributed by atoms with Gasteiger partial charge in [0.15, 0.2) is 0 Å². The first kappa shape index (κ1) is 8.72. The summed E-state index contributed by atoms with van der Waals surface area (Å²) in [7, 11) is 0. The average molecular weight is 162 g/mol. The minimum atomic E-state index is -0.349. The highest BCUT2D eigenvalue weighted by molar-refractivity contribution is 5.32. The number of hydrogen-bond donors (Lipinski definition) is 2. The molecule has 0 fully saturated rings. The fourth-order valence-electron chi connectivity index (χ4n) is 0.910. The van der Waals surface area contributed by atoms with Gasteiger partial charge in [0, 0.05) is 0 Å². The van der Waals surface area contributed by atoms with Gasteiger partial charge in [0.1, 0.15) is 0 Å². The minimum Gasteiger partial charge on any atom is -0.394 e. The molecule has 0 saturated heterocycles. The van der Waals surface area contributed by atoms with E-state index < -0.39 is 0 Å². The summed E-state index contributed by atoms with van der Waals surface area (Å²) in [5.41, 5.74) is 7.00. The quantitative estimate of drug-likeness (QED) is 0.667. The van der Waals surface area contributed by atoms with Crippen LogP contribution < -0.4 is 5.73 Å². The Labute approximate surface area is 71.1 Å². The Hall–Kier alpha value is -1.37. The molecule has 0 aliphatic rings. The molecule has 0 radical (unpaired) electrons. The molecule has 3 N–H and O–H groups in total. The number of hydrogen-bond acceptors (Lipinski definition) is 3. The van der Waals surface area contributed by atoms with E-state index in [-0.39, 0.29) is 12.6 Å². The summed E-state index contributed by atoms with van der Waals surface area (Å²) in [5, 5.41) is 17.2. The molecule has 0 aliphatic carbocycles. The van der Waals surface area contributed by atoms with Crippen LogP contribution in [0.15, 0.2) is 24.3 Å². The molecule has 0 aliphatic heterocycles. The van der Waals surface area contributed by atoms with E-state index in [1.165, 1.54) is 0 Å². The number of nitrogens with two attached hydrogens (primary N) is 1. The predicted octanol–water partition coefficient (Wildman–Crippen LogP) is 0.550. The van der Waals surface area contributed by atoms with Crippen molar-refractivity contribution in [2.75, 3.05) is 6.61 Å². The van der Waals surface area contributed by atoms with Crippen LogP contribution in [-0.2, 0) is 0 Å². The van der Waals surface area contributed by atoms with Crippen LogP contribution in [0.3, 0.4) is 0 Å². The van der Waals surface area contributed by atoms with Crippen LogP contribution >= 0.6 is 0 Å². The van der Waals surface area contributed by atoms with E-state index >= 15 is 0 Å². The summed E-state index contributed by atoms with van der Waals surface area (Å²) < 4.78 is 0. The van der Waals surface area contributed by atoms with Crippen LogP contribution in [-0.4, -0.2) is 11.7 Å². The van der Waals surface area contributed by atoms with Gasteiger partial charge in [-0.05, 0) is 17.7 Å². The van der Waals surface area contributed by atoms with Gasteiger partial charge in [0.05, 0.1) is 24.3 Å². The molecule has 0 amide bonds. The van der Waals surface area contributed by atoms with E-state index in [2.05, 4.69) is 0 Å². The maximum atomic E-state index is 8.72. The molecule has 12 heavy (non-hydrogen) atoms. The zero-order valence-electron chi connectivity index (χ0n) is 6.57. The second-order valence-electron chi connectivity index (χ2n) is 2.52. The summed E-state index contributed by atoms with van der Waals surface area (Å²) in [6, 6.07) is 8.53. The zero-order valence-corrected chi connectivity index (χ0v) is 6.57. The highest BCUT2D eigenvalue weighted by Crippen LogP contribution is 2.10. The highest BCUT2D eigenvalue weighted by atomic mass is 16.3. The Balaban J connectivity index is 2.86. The first-order chi connectivity index (χ1) is 5.77. The van der Waals surface area contributed by atoms with Crippen LogP contribution in [0.1, 0.15) is 17.2 Å². The average Bonchev–Trinajstić information content (AvgIpc) is 2.17. The topological polar surface area (TPSA) is 70.0 Å². The first-order valence-corrected chi connectivity index (χ1v) is 3.64. The number of aliphatic hydroxyl groups is 1. The fraction of sp³-hybridized carbons (Fsp3) is 0.222. The van der Waals surface area contributed by atoms with Gasteiger partial charge in [-0.2, -0.15) is 5.26 Å². The molecule has 1 rings (SSSR count). The van der Waals surface area contributed by atoms with Gasteiger partial charge in [-0.3, -0.25) is 0 Å². The summed E-state index contributed by atoms with van der Waals surface area (Å²) in [5.74, 6) is 0. The Morgan fingerprint density at radius 3 is 2.42 bits per heavy atom. The van der Waals surface area contributed by atoms with Gasteiger partial charge in [-0.25, -0.2) is 0 Å². The van der Waals surface area contributed by atoms with E-state index in [9.17, 15) is 0 Å². The summed E-state index contributed by atoms with van der Waals surface area (Å²) in [4.78, 5) is 0. The van der Waals surface area contributed by atoms with Gasteiger partial charge in [0.25, 0.3) is 0 Å². The van der Waals surface area contributed by atoms with Crippen LogP contribution in [0.2, 0.25) is 0 Å². The van der Waals surface area contributed by atoms with Crippen molar-refractivity contribution in [2.24, 2.45) is 5.73 Å². The van der Waals surface area contributed by atoms with Gasteiger partial charge in [-0.1, -0.05) is 12.1 Å². The molecule has 3 nitrogen and oxygen atoms in total. The Morgan fingerprint density at radius 1 is 1.42 bits per heavy atom. The van der Waals surface area contributed by atoms with Crippen molar-refractivity contribution in [3.8, 4) is 6.07 Å². The van der Waals surface area contributed by atoms with Crippen LogP contribution in [0.4, 0.5) is 0 Å². The van der Waals surface area contributed by atoms with Gasteiger partial charge in [-0.15, -0.1) is 0 Å². The third kappa shape index (κ3) is 1.82. The van der Waals surface area contributed by atoms with E-state index in [1.54, 1.807) is 24.3 Å². The van der Waals surface area contributed by atoms with Gasteiger partial charge >= 0.3 is 0 Å². The number of nitrogens with zero attached hydrogens (tertiary/aromatic N) is 1. The number of aliphatic hydroxyl groups excluding tert-OH is 1. The predicted molar refractivity (Wildman–Crippen MR) is 45.2 cm³/mol. The smallest absolute Gasteiger partial charge is 0.0991 e. The molecule has 1 atom stereocenters. The van der Waals surface area contributed by atoms with Crippen LogP contribution in [0.25, 0.3) is 0 Å². The third-order valence-corrected chi connectivity index (χ3v) is 1.66. The SMILES string of the molecule is N#Cc1ccc([C@H](N)CO)cc1. The van der Waals surface area contributed by atoms with Gasteiger partial charge < -0.3 is 10.8 Å². The monoisotopic (exact) mass is 162 g/mol. The van der Waals surface area contributed by atoms with Crippen molar-refractivity contribution < 1.29 is 5.11 Å². The zero-order chi connectivity index (χ0) is 8.97. The second-order valence-corrected chi connectivity index (χ2v) is 2.52. The van der Waals surface area contributed by atoms with Crippen molar-refractivity contribution in [3.05, 3.63) is 35.4 Å². The molecule has 0 heterocycles. The molecule has 0 unspecified atom stereocenters. The Kier molecular flexibility index (Phi) is 2.81. The molecule has 0 aromatic heterocycles. The standard InChI is InChI=1S/C9H10N2O/c10-5-7-1-3-8(4-2-7)9(11)6-12/h1-4,9,12H,6,11H2/t9-/m1/s1. The van der Waals surface area contributed by atoms with Gasteiger partial charge in [0.2, 0.25) is 0 Å². The van der Waals surface area contributed by atoms with Crippen molar-refractivity contribution in [1.82, 2.24) is 0 Å². The minimum absolute atomic E-state index is 0.0775. The summed E-state index contributed by atoms with van der Waals surface area (Å²) in [6.45, 7) is -0.0775. The number of benzene rings is 1. The molecular weight excluding hydrogens is 152 g/mol. The maximum Gasteiger partial charge on any atom is 0.0991 e. The lowest BCUT2D eigenvalue weighted by Crippen LogP contribution is -2.14. The largest absolute Gasteiger partial charge is 0.394 e. The normalized spacial score (nSPS) is 12.1. The molecule has 0 spiro atoms. The van der Waals surface area contributed by atoms with E-state index in [0.717, 1.165) is 5.56 Å². The Morgan fingerprint density at radius 2 is 2.00 bits per heavy atom. The number of nitriles is 1. The summed E-state index contributed by atoms with van der Waals surface area (Å²) >= 11 is 0. The summed E-state index contributed by atoms with van der Waals surface area (Å²) in [6.07, 6.45) is 0. The molecule has 1 aromatic carbocycles. The molecule has 0 saturated carbocycles. The third-order valence-electron chi connectivity index (χ3n) is 1.66. The number of rotatable bonds is 2. The lowest BCUT2D eigenvalue weighted by atomic mass is 10.1. The van der Waals surface area contributed by atoms with E-state index in [0.29, 0.717) is 5.56 Å². The molecule has 62 valence electrons. The molecule has 3 heteroatoms. The lowest BCUT2D eigenvalue weighted by molar-refractivity contribution is 0.268. The maximum absolute atomic E-state index is 8.72. The molecule has 0 bridgehead atoms. The molecule has 1 aromatic rings. The molecular formula is C9H10N2O. The van der Waals surface area contributed by atoms with E-state index in [4.69, 9.17) is 16.1 Å². The van der Waals surface area contributed by atoms with Crippen molar-refractivity contribution in [1.29, 1.82) is 5.26 Å². The van der Waals surface area contributed by atoms with Crippen molar-refractivity contribution in [3.63, 3.8) is 0 Å². The fourth-order valence-corrected chi connectivity index (χ4v) is 0.910. The second kappa shape index (κ2) is 3.86. The Bertz CT molecular complexity index is 286. The van der Waals surface area contributed by atoms with Crippen LogP contribution in [0, 0.1) is 11.3 Å². The van der Waals surface area contributed by atoms with Crippen molar-refractivity contribution >= 4 is 0 Å². The van der Waals surface area contributed by atoms with Crippen LogP contribution in [0.5, 0.6) is 0 Å². The van der Waals surface area contributed by atoms with Crippen molar-refractivity contribution in [2.45, 2.75) is 6.04 Å². The van der Waals surface area contributed by atoms with E-state index in [1.807, 2.05) is 6.07 Å². The lowest BCUT2D eigenvalue weighted by Gasteiger charge is -2.07. The first-order valence-electron chi connectivity index (χ1n) is 3.64.